The number of halogens is 2. The average Bonchev–Trinajstić information content (AvgIpc) is 2.78. The smallest absolute Gasteiger partial charge is 0.337 e. The van der Waals surface area contributed by atoms with Crippen molar-refractivity contribution in [2.45, 2.75) is 0 Å². The van der Waals surface area contributed by atoms with Crippen LogP contribution in [0.4, 0.5) is 5.69 Å². The third-order valence-corrected chi connectivity index (χ3v) is 5.67. The van der Waals surface area contributed by atoms with Gasteiger partial charge in [-0.05, 0) is 56.1 Å². The van der Waals surface area contributed by atoms with Crippen LogP contribution in [-0.2, 0) is 4.74 Å². The van der Waals surface area contributed by atoms with E-state index in [0.717, 1.165) is 8.26 Å². The van der Waals surface area contributed by atoms with Gasteiger partial charge < -0.3 is 10.1 Å². The van der Waals surface area contributed by atoms with Crippen molar-refractivity contribution in [2.75, 3.05) is 12.4 Å². The number of carbonyl (C=O) groups excluding carboxylic acids is 2. The van der Waals surface area contributed by atoms with Crippen molar-refractivity contribution >= 4 is 60.8 Å². The number of thiophene rings is 1. The van der Waals surface area contributed by atoms with Gasteiger partial charge in [-0.2, -0.15) is 0 Å². The Morgan fingerprint density at radius 3 is 2.60 bits per heavy atom. The molecule has 104 valence electrons. The van der Waals surface area contributed by atoms with Crippen LogP contribution in [0.15, 0.2) is 38.6 Å². The number of nitrogens with one attached hydrogen (secondary N) is 1. The standard InChI is InChI=1S/C13H9Br2NO3S/c1-19-13(18)7-3-2-4-8(5-7)16-12(17)10-6-9(14)11(15)20-10/h2-6H,1H3,(H,16,17). The highest BCUT2D eigenvalue weighted by Crippen LogP contribution is 2.32. The normalized spacial score (nSPS) is 10.2. The summed E-state index contributed by atoms with van der Waals surface area (Å²) in [7, 11) is 1.31. The number of ether oxygens (including phenoxy) is 1. The summed E-state index contributed by atoms with van der Waals surface area (Å²) < 4.78 is 6.32. The summed E-state index contributed by atoms with van der Waals surface area (Å²) in [6.45, 7) is 0. The van der Waals surface area contributed by atoms with E-state index in [4.69, 9.17) is 0 Å². The highest BCUT2D eigenvalue weighted by Gasteiger charge is 2.13. The van der Waals surface area contributed by atoms with Crippen LogP contribution in [0, 0.1) is 0 Å². The highest BCUT2D eigenvalue weighted by molar-refractivity contribution is 9.13. The van der Waals surface area contributed by atoms with Crippen LogP contribution in [0.25, 0.3) is 0 Å². The molecule has 1 amide bonds. The molecule has 0 saturated heterocycles. The molecule has 0 saturated carbocycles. The molecular weight excluding hydrogens is 410 g/mol. The van der Waals surface area contributed by atoms with Crippen LogP contribution in [0.1, 0.15) is 20.0 Å². The second-order valence-corrected chi connectivity index (χ2v) is 6.98. The first-order chi connectivity index (χ1) is 9.51. The van der Waals surface area contributed by atoms with Gasteiger partial charge in [0, 0.05) is 10.2 Å². The van der Waals surface area contributed by atoms with E-state index in [1.165, 1.54) is 18.4 Å². The van der Waals surface area contributed by atoms with Gasteiger partial charge in [0.15, 0.2) is 0 Å². The predicted octanol–water partition coefficient (Wildman–Crippen LogP) is 4.31. The third-order valence-electron chi connectivity index (χ3n) is 2.41. The molecule has 1 heterocycles. The fourth-order valence-electron chi connectivity index (χ4n) is 1.49. The number of methoxy groups -OCH3 is 1. The number of esters is 1. The second kappa shape index (κ2) is 6.51. The van der Waals surface area contributed by atoms with Gasteiger partial charge in [-0.1, -0.05) is 6.07 Å². The molecule has 4 nitrogen and oxygen atoms in total. The molecule has 0 fully saturated rings. The Hall–Kier alpha value is -1.18. The maximum absolute atomic E-state index is 12.1. The van der Waals surface area contributed by atoms with E-state index in [2.05, 4.69) is 41.9 Å². The Morgan fingerprint density at radius 2 is 2.00 bits per heavy atom. The molecule has 2 rings (SSSR count). The summed E-state index contributed by atoms with van der Waals surface area (Å²) in [5.74, 6) is -0.675. The lowest BCUT2D eigenvalue weighted by atomic mass is 10.2. The minimum atomic E-state index is -0.442. The van der Waals surface area contributed by atoms with Gasteiger partial charge in [0.05, 0.1) is 21.3 Å². The Kier molecular flexibility index (Phi) is 4.95. The summed E-state index contributed by atoms with van der Waals surface area (Å²) in [6, 6.07) is 8.32. The lowest BCUT2D eigenvalue weighted by molar-refractivity contribution is 0.0600. The number of rotatable bonds is 3. The van der Waals surface area contributed by atoms with Crippen LogP contribution >= 0.6 is 43.2 Å². The Balaban J connectivity index is 2.17. The molecule has 0 aliphatic carbocycles. The number of carbonyl (C=O) groups is 2. The van der Waals surface area contributed by atoms with E-state index < -0.39 is 5.97 Å². The van der Waals surface area contributed by atoms with Gasteiger partial charge in [-0.15, -0.1) is 11.3 Å². The highest BCUT2D eigenvalue weighted by atomic mass is 79.9. The van der Waals surface area contributed by atoms with Gasteiger partial charge in [0.1, 0.15) is 0 Å². The summed E-state index contributed by atoms with van der Waals surface area (Å²) in [5.41, 5.74) is 0.928. The molecule has 0 aliphatic rings. The molecule has 0 spiro atoms. The van der Waals surface area contributed by atoms with Crippen molar-refractivity contribution in [1.29, 1.82) is 0 Å². The first-order valence-corrected chi connectivity index (χ1v) is 7.86. The number of benzene rings is 1. The zero-order chi connectivity index (χ0) is 14.7. The first-order valence-electron chi connectivity index (χ1n) is 5.46. The van der Waals surface area contributed by atoms with Gasteiger partial charge in [-0.25, -0.2) is 4.79 Å². The van der Waals surface area contributed by atoms with Crippen molar-refractivity contribution in [2.24, 2.45) is 0 Å². The quantitative estimate of drug-likeness (QED) is 0.755. The SMILES string of the molecule is COC(=O)c1cccc(NC(=O)c2cc(Br)c(Br)s2)c1. The fraction of sp³-hybridized carbons (Fsp3) is 0.0769. The van der Waals surface area contributed by atoms with E-state index in [1.807, 2.05) is 0 Å². The van der Waals surface area contributed by atoms with Crippen molar-refractivity contribution < 1.29 is 14.3 Å². The van der Waals surface area contributed by atoms with Crippen molar-refractivity contribution in [1.82, 2.24) is 0 Å². The van der Waals surface area contributed by atoms with E-state index in [-0.39, 0.29) is 5.91 Å². The Bertz CT molecular complexity index is 650. The van der Waals surface area contributed by atoms with Gasteiger partial charge in [0.25, 0.3) is 5.91 Å². The van der Waals surface area contributed by atoms with Gasteiger partial charge >= 0.3 is 5.97 Å². The third kappa shape index (κ3) is 3.47. The zero-order valence-electron chi connectivity index (χ0n) is 10.3. The second-order valence-electron chi connectivity index (χ2n) is 3.76. The molecule has 20 heavy (non-hydrogen) atoms. The van der Waals surface area contributed by atoms with Crippen LogP contribution in [0.5, 0.6) is 0 Å². The molecule has 1 aromatic carbocycles. The summed E-state index contributed by atoms with van der Waals surface area (Å²) in [4.78, 5) is 24.1. The summed E-state index contributed by atoms with van der Waals surface area (Å²) in [5, 5.41) is 2.74. The Labute approximate surface area is 136 Å². The molecule has 0 bridgehead atoms. The van der Waals surface area contributed by atoms with E-state index in [0.29, 0.717) is 16.1 Å². The molecule has 7 heteroatoms. The van der Waals surface area contributed by atoms with Crippen molar-refractivity contribution in [3.05, 3.63) is 49.0 Å². The Morgan fingerprint density at radius 1 is 1.25 bits per heavy atom. The van der Waals surface area contributed by atoms with Crippen molar-refractivity contribution in [3.63, 3.8) is 0 Å². The van der Waals surface area contributed by atoms with Gasteiger partial charge in [0.2, 0.25) is 0 Å². The lowest BCUT2D eigenvalue weighted by Gasteiger charge is -2.05. The van der Waals surface area contributed by atoms with E-state index in [1.54, 1.807) is 30.3 Å². The maximum Gasteiger partial charge on any atom is 0.337 e. The molecular formula is C13H9Br2NO3S. The minimum absolute atomic E-state index is 0.233. The molecule has 2 aromatic rings. The molecule has 0 atom stereocenters. The van der Waals surface area contributed by atoms with Crippen molar-refractivity contribution in [3.8, 4) is 0 Å². The van der Waals surface area contributed by atoms with Crippen LogP contribution < -0.4 is 5.32 Å². The minimum Gasteiger partial charge on any atom is -0.465 e. The topological polar surface area (TPSA) is 55.4 Å². The fourth-order valence-corrected chi connectivity index (χ4v) is 3.42. The van der Waals surface area contributed by atoms with Crippen LogP contribution in [0.2, 0.25) is 0 Å². The van der Waals surface area contributed by atoms with Gasteiger partial charge in [-0.3, -0.25) is 4.79 Å². The molecule has 1 N–H and O–H groups in total. The van der Waals surface area contributed by atoms with Crippen LogP contribution in [-0.4, -0.2) is 19.0 Å². The largest absolute Gasteiger partial charge is 0.465 e. The average molecular weight is 419 g/mol. The summed E-state index contributed by atoms with van der Waals surface area (Å²) >= 11 is 8.00. The number of amides is 1. The van der Waals surface area contributed by atoms with Crippen LogP contribution in [0.3, 0.4) is 0 Å². The number of hydrogen-bond acceptors (Lipinski definition) is 4. The molecule has 0 unspecified atom stereocenters. The van der Waals surface area contributed by atoms with E-state index in [9.17, 15) is 9.59 Å². The predicted molar refractivity (Wildman–Crippen MR) is 85.5 cm³/mol. The van der Waals surface area contributed by atoms with E-state index >= 15 is 0 Å². The molecule has 1 aromatic heterocycles. The molecule has 0 radical (unpaired) electrons. The lowest BCUT2D eigenvalue weighted by Crippen LogP contribution is -2.11. The zero-order valence-corrected chi connectivity index (χ0v) is 14.3. The summed E-state index contributed by atoms with van der Waals surface area (Å²) in [6.07, 6.45) is 0. The number of hydrogen-bond donors (Lipinski definition) is 1. The molecule has 0 aliphatic heterocycles. The first kappa shape index (κ1) is 15.2. The number of anilines is 1. The monoisotopic (exact) mass is 417 g/mol. The maximum atomic E-state index is 12.1.